The van der Waals surface area contributed by atoms with Gasteiger partial charge in [-0.3, -0.25) is 9.59 Å². The van der Waals surface area contributed by atoms with Crippen LogP contribution < -0.4 is 5.56 Å². The highest BCUT2D eigenvalue weighted by Gasteiger charge is 2.18. The molecule has 26 heavy (non-hydrogen) atoms. The Labute approximate surface area is 152 Å². The number of aromatic nitrogens is 1. The van der Waals surface area contributed by atoms with Crippen LogP contribution in [0.15, 0.2) is 59.1 Å². The number of allylic oxidation sites excluding steroid dienone is 4. The standard InChI is InChI=1S/C21H23NO4/c1-4-13(2)11-14(3)5-10-18(24)19-20(25)17(12-22-21(19)26)15-6-8-16(23)9-7-15/h5-13,23H,4H2,1-3H3,(H2,22,25,26)/b10-5+,14-11+/t13-/m1/s1. The Morgan fingerprint density at radius 1 is 1.19 bits per heavy atom. The van der Waals surface area contributed by atoms with E-state index >= 15 is 0 Å². The Hall–Kier alpha value is -3.08. The van der Waals surface area contributed by atoms with Gasteiger partial charge in [0.15, 0.2) is 5.78 Å². The number of aromatic hydroxyl groups is 2. The maximum absolute atomic E-state index is 12.4. The maximum Gasteiger partial charge on any atom is 0.263 e. The van der Waals surface area contributed by atoms with Crippen molar-refractivity contribution in [2.75, 3.05) is 0 Å². The molecule has 0 radical (unpaired) electrons. The van der Waals surface area contributed by atoms with Gasteiger partial charge < -0.3 is 15.2 Å². The van der Waals surface area contributed by atoms with E-state index < -0.39 is 11.3 Å². The quantitative estimate of drug-likeness (QED) is 0.413. The highest BCUT2D eigenvalue weighted by Crippen LogP contribution is 2.31. The fourth-order valence-corrected chi connectivity index (χ4v) is 2.52. The van der Waals surface area contributed by atoms with Crippen molar-refractivity contribution in [2.24, 2.45) is 5.92 Å². The molecule has 2 aromatic rings. The summed E-state index contributed by atoms with van der Waals surface area (Å²) in [6, 6.07) is 6.10. The first kappa shape index (κ1) is 19.2. The number of H-pyrrole nitrogens is 1. The monoisotopic (exact) mass is 353 g/mol. The first-order chi connectivity index (χ1) is 12.3. The van der Waals surface area contributed by atoms with E-state index in [1.807, 2.05) is 13.0 Å². The summed E-state index contributed by atoms with van der Waals surface area (Å²) < 4.78 is 0. The molecule has 1 aromatic heterocycles. The van der Waals surface area contributed by atoms with Crippen molar-refractivity contribution in [3.63, 3.8) is 0 Å². The molecule has 0 aliphatic carbocycles. The van der Waals surface area contributed by atoms with E-state index in [2.05, 4.69) is 18.8 Å². The molecule has 0 saturated carbocycles. The second kappa shape index (κ2) is 8.34. The number of ketones is 1. The number of aromatic amines is 1. The minimum Gasteiger partial charge on any atom is -0.508 e. The number of benzene rings is 1. The van der Waals surface area contributed by atoms with Gasteiger partial charge in [-0.2, -0.15) is 0 Å². The van der Waals surface area contributed by atoms with Crippen LogP contribution in [0.2, 0.25) is 0 Å². The van der Waals surface area contributed by atoms with Gasteiger partial charge in [0.2, 0.25) is 0 Å². The molecule has 0 fully saturated rings. The van der Waals surface area contributed by atoms with Gasteiger partial charge in [0.05, 0.1) is 0 Å². The smallest absolute Gasteiger partial charge is 0.263 e. The summed E-state index contributed by atoms with van der Waals surface area (Å²) in [6.07, 6.45) is 7.31. The molecule has 136 valence electrons. The maximum atomic E-state index is 12.4. The van der Waals surface area contributed by atoms with Crippen molar-refractivity contribution < 1.29 is 15.0 Å². The zero-order valence-electron chi connectivity index (χ0n) is 15.1. The summed E-state index contributed by atoms with van der Waals surface area (Å²) in [5.41, 5.74) is 0.848. The third-order valence-electron chi connectivity index (χ3n) is 4.18. The van der Waals surface area contributed by atoms with Crippen molar-refractivity contribution in [1.82, 2.24) is 4.98 Å². The molecule has 0 amide bonds. The molecule has 5 nitrogen and oxygen atoms in total. The normalized spacial score (nSPS) is 13.1. The van der Waals surface area contributed by atoms with Gasteiger partial charge in [0, 0.05) is 11.8 Å². The third-order valence-corrected chi connectivity index (χ3v) is 4.18. The van der Waals surface area contributed by atoms with Gasteiger partial charge in [0.25, 0.3) is 5.56 Å². The Morgan fingerprint density at radius 3 is 2.46 bits per heavy atom. The van der Waals surface area contributed by atoms with E-state index in [1.165, 1.54) is 24.4 Å². The minimum absolute atomic E-state index is 0.0838. The summed E-state index contributed by atoms with van der Waals surface area (Å²) in [7, 11) is 0. The van der Waals surface area contributed by atoms with Crippen LogP contribution >= 0.6 is 0 Å². The predicted octanol–water partition coefficient (Wildman–Crippen LogP) is 4.18. The van der Waals surface area contributed by atoms with Gasteiger partial charge >= 0.3 is 0 Å². The van der Waals surface area contributed by atoms with Crippen LogP contribution in [0.25, 0.3) is 11.1 Å². The molecule has 2 rings (SSSR count). The molecule has 0 bridgehead atoms. The van der Waals surface area contributed by atoms with Gasteiger partial charge in [0.1, 0.15) is 17.1 Å². The first-order valence-corrected chi connectivity index (χ1v) is 8.48. The molecule has 0 spiro atoms. The Morgan fingerprint density at radius 2 is 1.85 bits per heavy atom. The van der Waals surface area contributed by atoms with Crippen LogP contribution in [0.3, 0.4) is 0 Å². The number of phenols is 1. The summed E-state index contributed by atoms with van der Waals surface area (Å²) >= 11 is 0. The van der Waals surface area contributed by atoms with Gasteiger partial charge in [-0.05, 0) is 36.6 Å². The lowest BCUT2D eigenvalue weighted by molar-refractivity contribution is 0.104. The number of phenolic OH excluding ortho intramolecular Hbond substituents is 1. The first-order valence-electron chi connectivity index (χ1n) is 8.48. The van der Waals surface area contributed by atoms with E-state index in [9.17, 15) is 19.8 Å². The van der Waals surface area contributed by atoms with E-state index in [1.54, 1.807) is 18.2 Å². The zero-order chi connectivity index (χ0) is 19.3. The minimum atomic E-state index is -0.650. The van der Waals surface area contributed by atoms with E-state index in [4.69, 9.17) is 0 Å². The second-order valence-electron chi connectivity index (χ2n) is 6.30. The number of hydrogen-bond donors (Lipinski definition) is 3. The fraction of sp³-hybridized carbons (Fsp3) is 0.238. The molecule has 0 unspecified atom stereocenters. The van der Waals surface area contributed by atoms with Crippen LogP contribution in [-0.4, -0.2) is 21.0 Å². The Bertz CT molecular complexity index is 905. The number of carbonyl (C=O) groups excluding carboxylic acids is 1. The highest BCUT2D eigenvalue weighted by molar-refractivity contribution is 6.07. The number of carbonyl (C=O) groups is 1. The Balaban J connectivity index is 2.39. The molecule has 0 aliphatic heterocycles. The van der Waals surface area contributed by atoms with E-state index in [-0.39, 0.29) is 17.1 Å². The lowest BCUT2D eigenvalue weighted by Crippen LogP contribution is -2.16. The van der Waals surface area contributed by atoms with Crippen molar-refractivity contribution in [3.05, 3.63) is 70.2 Å². The van der Waals surface area contributed by atoms with Gasteiger partial charge in [-0.1, -0.05) is 50.1 Å². The van der Waals surface area contributed by atoms with E-state index in [0.29, 0.717) is 17.0 Å². The molecule has 0 aliphatic rings. The molecule has 1 atom stereocenters. The SMILES string of the molecule is CC[C@@H](C)/C=C(C)/C=C/C(=O)c1c(O)c(-c2ccc(O)cc2)c[nH]c1=O. The van der Waals surface area contributed by atoms with Gasteiger partial charge in [-0.25, -0.2) is 0 Å². The largest absolute Gasteiger partial charge is 0.508 e. The number of nitrogens with one attached hydrogen (secondary N) is 1. The van der Waals surface area contributed by atoms with Crippen molar-refractivity contribution in [2.45, 2.75) is 27.2 Å². The molecular formula is C21H23NO4. The molecule has 1 heterocycles. The predicted molar refractivity (Wildman–Crippen MR) is 103 cm³/mol. The molecule has 1 aromatic carbocycles. The van der Waals surface area contributed by atoms with Crippen molar-refractivity contribution in [3.8, 4) is 22.6 Å². The average molecular weight is 353 g/mol. The van der Waals surface area contributed by atoms with Crippen LogP contribution in [0.5, 0.6) is 11.5 Å². The zero-order valence-corrected chi connectivity index (χ0v) is 15.1. The van der Waals surface area contributed by atoms with Gasteiger partial charge in [-0.15, -0.1) is 0 Å². The molecule has 5 heteroatoms. The topological polar surface area (TPSA) is 90.4 Å². The highest BCUT2D eigenvalue weighted by atomic mass is 16.3. The van der Waals surface area contributed by atoms with Crippen molar-refractivity contribution >= 4 is 5.78 Å². The second-order valence-corrected chi connectivity index (χ2v) is 6.30. The van der Waals surface area contributed by atoms with Crippen LogP contribution in [-0.2, 0) is 0 Å². The molecule has 3 N–H and O–H groups in total. The number of pyridine rings is 1. The van der Waals surface area contributed by atoms with Crippen molar-refractivity contribution in [1.29, 1.82) is 0 Å². The Kier molecular flexibility index (Phi) is 6.17. The average Bonchev–Trinajstić information content (AvgIpc) is 2.61. The van der Waals surface area contributed by atoms with Crippen LogP contribution in [0, 0.1) is 5.92 Å². The van der Waals surface area contributed by atoms with Crippen LogP contribution in [0.4, 0.5) is 0 Å². The number of hydrogen-bond acceptors (Lipinski definition) is 4. The fourth-order valence-electron chi connectivity index (χ4n) is 2.52. The molecule has 0 saturated heterocycles. The lowest BCUT2D eigenvalue weighted by Gasteiger charge is -2.08. The lowest BCUT2D eigenvalue weighted by atomic mass is 10.0. The number of rotatable bonds is 6. The van der Waals surface area contributed by atoms with Crippen LogP contribution in [0.1, 0.15) is 37.6 Å². The third kappa shape index (κ3) is 4.51. The molecular weight excluding hydrogens is 330 g/mol. The summed E-state index contributed by atoms with van der Waals surface area (Å²) in [5.74, 6) is -0.469. The summed E-state index contributed by atoms with van der Waals surface area (Å²) in [4.78, 5) is 27.0. The summed E-state index contributed by atoms with van der Waals surface area (Å²) in [5, 5.41) is 19.8. The summed E-state index contributed by atoms with van der Waals surface area (Å²) in [6.45, 7) is 6.04. The van der Waals surface area contributed by atoms with E-state index in [0.717, 1.165) is 12.0 Å².